The molecule has 18 heavy (non-hydrogen) atoms. The van der Waals surface area contributed by atoms with E-state index in [9.17, 15) is 4.79 Å². The molecule has 5 heteroatoms. The van der Waals surface area contributed by atoms with E-state index < -0.39 is 0 Å². The second-order valence-electron chi connectivity index (χ2n) is 4.80. The molecule has 0 bridgehead atoms. The van der Waals surface area contributed by atoms with Gasteiger partial charge in [0.1, 0.15) is 4.88 Å². The molecule has 2 atom stereocenters. The monoisotopic (exact) mass is 305 g/mol. The summed E-state index contributed by atoms with van der Waals surface area (Å²) in [5, 5.41) is 5.54. The van der Waals surface area contributed by atoms with Gasteiger partial charge in [-0.2, -0.15) is 0 Å². The van der Waals surface area contributed by atoms with Crippen molar-refractivity contribution in [2.45, 2.75) is 50.4 Å². The van der Waals surface area contributed by atoms with Crippen molar-refractivity contribution in [2.24, 2.45) is 0 Å². The lowest BCUT2D eigenvalue weighted by Crippen LogP contribution is -2.40. The summed E-state index contributed by atoms with van der Waals surface area (Å²) >= 11 is 13.8. The third-order valence-corrected chi connectivity index (χ3v) is 5.57. The first-order chi connectivity index (χ1) is 8.59. The first-order valence-electron chi connectivity index (χ1n) is 6.28. The van der Waals surface area contributed by atoms with E-state index in [4.69, 9.17) is 23.2 Å². The van der Waals surface area contributed by atoms with Crippen LogP contribution in [0.3, 0.4) is 0 Å². The normalized spacial score (nSPS) is 24.6. The summed E-state index contributed by atoms with van der Waals surface area (Å²) in [4.78, 5) is 12.8. The lowest BCUT2D eigenvalue weighted by atomic mass is 10.1. The third kappa shape index (κ3) is 3.19. The molecule has 0 aromatic carbocycles. The highest BCUT2D eigenvalue weighted by Crippen LogP contribution is 2.28. The van der Waals surface area contributed by atoms with E-state index in [1.165, 1.54) is 17.8 Å². The number of hydrogen-bond donors (Lipinski definition) is 1. The molecule has 0 radical (unpaired) electrons. The minimum atomic E-state index is -0.0874. The summed E-state index contributed by atoms with van der Waals surface area (Å²) in [6, 6.07) is 0.0696. The number of amides is 1. The van der Waals surface area contributed by atoms with E-state index >= 15 is 0 Å². The second-order valence-corrected chi connectivity index (χ2v) is 6.61. The Morgan fingerprint density at radius 1 is 1.39 bits per heavy atom. The number of aryl methyl sites for hydroxylation is 1. The zero-order valence-electron chi connectivity index (χ0n) is 10.3. The van der Waals surface area contributed by atoms with Crippen LogP contribution in [0.4, 0.5) is 0 Å². The molecule has 1 aliphatic rings. The largest absolute Gasteiger partial charge is 0.347 e. The summed E-state index contributed by atoms with van der Waals surface area (Å²) < 4.78 is 0. The Morgan fingerprint density at radius 2 is 2.11 bits per heavy atom. The van der Waals surface area contributed by atoms with Gasteiger partial charge in [-0.3, -0.25) is 4.79 Å². The predicted octanol–water partition coefficient (Wildman–Crippen LogP) is 4.38. The predicted molar refractivity (Wildman–Crippen MR) is 78.0 cm³/mol. The lowest BCUT2D eigenvalue weighted by molar-refractivity contribution is 0.0938. The van der Waals surface area contributed by atoms with Crippen molar-refractivity contribution in [1.82, 2.24) is 5.32 Å². The summed E-state index contributed by atoms with van der Waals surface area (Å²) in [5.74, 6) is -0.0874. The molecule has 0 saturated heterocycles. The first-order valence-corrected chi connectivity index (χ1v) is 7.97. The molecule has 2 rings (SSSR count). The molecule has 0 aliphatic heterocycles. The van der Waals surface area contributed by atoms with Crippen LogP contribution >= 0.6 is 34.5 Å². The molecule has 2 unspecified atom stereocenters. The van der Waals surface area contributed by atoms with E-state index in [2.05, 4.69) is 5.32 Å². The standard InChI is InChI=1S/C13H17Cl2NOS/c1-8-7-18-12(11(8)15)13(17)16-10-6-4-2-3-5-9(10)14/h7,9-10H,2-6H2,1H3,(H,16,17). The van der Waals surface area contributed by atoms with Crippen LogP contribution in [0, 0.1) is 6.92 Å². The number of thiophene rings is 1. The van der Waals surface area contributed by atoms with Crippen LogP contribution in [0.25, 0.3) is 0 Å². The summed E-state index contributed by atoms with van der Waals surface area (Å²) in [6.07, 6.45) is 5.42. The van der Waals surface area contributed by atoms with Gasteiger partial charge in [0.15, 0.2) is 0 Å². The Hall–Kier alpha value is -0.250. The van der Waals surface area contributed by atoms with E-state index in [0.29, 0.717) is 9.90 Å². The number of nitrogens with one attached hydrogen (secondary N) is 1. The van der Waals surface area contributed by atoms with E-state index in [1.807, 2.05) is 12.3 Å². The van der Waals surface area contributed by atoms with Crippen molar-refractivity contribution in [3.63, 3.8) is 0 Å². The molecular formula is C13H17Cl2NOS. The lowest BCUT2D eigenvalue weighted by Gasteiger charge is -2.20. The van der Waals surface area contributed by atoms with Gasteiger partial charge in [-0.15, -0.1) is 22.9 Å². The molecular weight excluding hydrogens is 289 g/mol. The molecule has 0 spiro atoms. The van der Waals surface area contributed by atoms with Crippen molar-refractivity contribution in [3.05, 3.63) is 20.8 Å². The Labute approximate surface area is 122 Å². The number of hydrogen-bond acceptors (Lipinski definition) is 2. The number of rotatable bonds is 2. The van der Waals surface area contributed by atoms with Crippen molar-refractivity contribution < 1.29 is 4.79 Å². The Bertz CT molecular complexity index is 433. The zero-order valence-corrected chi connectivity index (χ0v) is 12.7. The number of carbonyl (C=O) groups excluding carboxylic acids is 1. The second kappa shape index (κ2) is 6.27. The zero-order chi connectivity index (χ0) is 13.1. The molecule has 1 aromatic rings. The van der Waals surface area contributed by atoms with Crippen LogP contribution in [0.2, 0.25) is 5.02 Å². The smallest absolute Gasteiger partial charge is 0.263 e. The fourth-order valence-electron chi connectivity index (χ4n) is 2.24. The average molecular weight is 306 g/mol. The molecule has 1 heterocycles. The van der Waals surface area contributed by atoms with Gasteiger partial charge in [-0.1, -0.05) is 30.9 Å². The van der Waals surface area contributed by atoms with Crippen LogP contribution in [-0.2, 0) is 0 Å². The Balaban J connectivity index is 2.04. The van der Waals surface area contributed by atoms with Crippen LogP contribution in [-0.4, -0.2) is 17.3 Å². The van der Waals surface area contributed by atoms with Gasteiger partial charge < -0.3 is 5.32 Å². The quantitative estimate of drug-likeness (QED) is 0.637. The molecule has 100 valence electrons. The van der Waals surface area contributed by atoms with Crippen LogP contribution in [0.15, 0.2) is 5.38 Å². The van der Waals surface area contributed by atoms with Gasteiger partial charge >= 0.3 is 0 Å². The van der Waals surface area contributed by atoms with Crippen molar-refractivity contribution in [2.75, 3.05) is 0 Å². The molecule has 1 N–H and O–H groups in total. The highest BCUT2D eigenvalue weighted by atomic mass is 35.5. The van der Waals surface area contributed by atoms with E-state index in [1.54, 1.807) is 0 Å². The number of alkyl halides is 1. The number of carbonyl (C=O) groups is 1. The minimum Gasteiger partial charge on any atom is -0.347 e. The van der Waals surface area contributed by atoms with E-state index in [-0.39, 0.29) is 17.3 Å². The van der Waals surface area contributed by atoms with Gasteiger partial charge in [0.25, 0.3) is 5.91 Å². The minimum absolute atomic E-state index is 0.0382. The van der Waals surface area contributed by atoms with Crippen molar-refractivity contribution in [3.8, 4) is 0 Å². The first kappa shape index (κ1) is 14.2. The van der Waals surface area contributed by atoms with Crippen molar-refractivity contribution in [1.29, 1.82) is 0 Å². The maximum absolute atomic E-state index is 12.2. The summed E-state index contributed by atoms with van der Waals surface area (Å²) in [6.45, 7) is 1.91. The average Bonchev–Trinajstić information content (AvgIpc) is 2.55. The molecule has 2 nitrogen and oxygen atoms in total. The highest BCUT2D eigenvalue weighted by Gasteiger charge is 2.25. The van der Waals surface area contributed by atoms with Crippen LogP contribution in [0.5, 0.6) is 0 Å². The molecule has 1 fully saturated rings. The van der Waals surface area contributed by atoms with Gasteiger partial charge in [-0.25, -0.2) is 0 Å². The Kier molecular flexibility index (Phi) is 4.93. The number of halogens is 2. The molecule has 1 saturated carbocycles. The maximum atomic E-state index is 12.2. The van der Waals surface area contributed by atoms with Gasteiger partial charge in [0, 0.05) is 6.04 Å². The topological polar surface area (TPSA) is 29.1 Å². The highest BCUT2D eigenvalue weighted by molar-refractivity contribution is 7.13. The van der Waals surface area contributed by atoms with Gasteiger partial charge in [-0.05, 0) is 30.7 Å². The third-order valence-electron chi connectivity index (χ3n) is 3.35. The SMILES string of the molecule is Cc1csc(C(=O)NC2CCCCCC2Cl)c1Cl. The summed E-state index contributed by atoms with van der Waals surface area (Å²) in [5.41, 5.74) is 0.954. The fraction of sp³-hybridized carbons (Fsp3) is 0.615. The molecule has 1 amide bonds. The fourth-order valence-corrected chi connectivity index (χ4v) is 3.77. The Morgan fingerprint density at radius 3 is 2.78 bits per heavy atom. The maximum Gasteiger partial charge on any atom is 0.263 e. The van der Waals surface area contributed by atoms with Crippen molar-refractivity contribution >= 4 is 40.4 Å². The molecule has 1 aliphatic carbocycles. The van der Waals surface area contributed by atoms with E-state index in [0.717, 1.165) is 31.2 Å². The van der Waals surface area contributed by atoms with Gasteiger partial charge in [0.2, 0.25) is 0 Å². The van der Waals surface area contributed by atoms with Gasteiger partial charge in [0.05, 0.1) is 10.4 Å². The van der Waals surface area contributed by atoms with Crippen LogP contribution < -0.4 is 5.32 Å². The summed E-state index contributed by atoms with van der Waals surface area (Å²) in [7, 11) is 0. The van der Waals surface area contributed by atoms with Crippen LogP contribution in [0.1, 0.15) is 47.3 Å². The molecule has 1 aromatic heterocycles.